The third kappa shape index (κ3) is 5.63. The summed E-state index contributed by atoms with van der Waals surface area (Å²) in [4.78, 5) is 6.71. The van der Waals surface area contributed by atoms with Gasteiger partial charge in [-0.15, -0.1) is 6.58 Å². The molecule has 3 aliphatic rings. The SMILES string of the molecule is C=CC1CN2CCC1CC2C(OCc1cc(C(F)(F)F)cc(C(F)(F)F)c1)c1ccnc2ccc(OC)cc12. The first-order valence-corrected chi connectivity index (χ1v) is 12.7. The highest BCUT2D eigenvalue weighted by Gasteiger charge is 2.43. The summed E-state index contributed by atoms with van der Waals surface area (Å²) in [5.41, 5.74) is -1.48. The number of pyridine rings is 1. The topological polar surface area (TPSA) is 34.6 Å². The largest absolute Gasteiger partial charge is 0.497 e. The molecule has 0 radical (unpaired) electrons. The van der Waals surface area contributed by atoms with E-state index >= 15 is 0 Å². The van der Waals surface area contributed by atoms with Crippen LogP contribution in [0.15, 0.2) is 61.3 Å². The number of piperidine rings is 3. The fourth-order valence-electron chi connectivity index (χ4n) is 5.91. The zero-order chi connectivity index (χ0) is 27.9. The lowest BCUT2D eigenvalue weighted by molar-refractivity contribution is -0.143. The molecule has 3 aromatic rings. The van der Waals surface area contributed by atoms with Crippen LogP contribution in [0.5, 0.6) is 5.75 Å². The van der Waals surface area contributed by atoms with Crippen molar-refractivity contribution in [1.29, 1.82) is 0 Å². The van der Waals surface area contributed by atoms with Crippen LogP contribution in [0.1, 0.15) is 41.2 Å². The number of hydrogen-bond acceptors (Lipinski definition) is 4. The van der Waals surface area contributed by atoms with Gasteiger partial charge in [0.25, 0.3) is 0 Å². The fraction of sp³-hybridized carbons (Fsp3) is 0.414. The van der Waals surface area contributed by atoms with Gasteiger partial charge < -0.3 is 9.47 Å². The molecule has 3 aliphatic heterocycles. The molecule has 39 heavy (non-hydrogen) atoms. The zero-order valence-electron chi connectivity index (χ0n) is 21.2. The summed E-state index contributed by atoms with van der Waals surface area (Å²) in [5.74, 6) is 1.29. The highest BCUT2D eigenvalue weighted by Crippen LogP contribution is 2.44. The van der Waals surface area contributed by atoms with Crippen LogP contribution in [0, 0.1) is 11.8 Å². The Morgan fingerprint density at radius 2 is 1.77 bits per heavy atom. The number of ether oxygens (including phenoxy) is 2. The van der Waals surface area contributed by atoms with Crippen molar-refractivity contribution in [2.75, 3.05) is 20.2 Å². The molecular formula is C29H28F6N2O2. The average molecular weight is 551 g/mol. The smallest absolute Gasteiger partial charge is 0.416 e. The van der Waals surface area contributed by atoms with E-state index in [4.69, 9.17) is 9.47 Å². The van der Waals surface area contributed by atoms with Crippen molar-refractivity contribution >= 4 is 10.9 Å². The molecular weight excluding hydrogens is 522 g/mol. The Balaban J connectivity index is 1.55. The highest BCUT2D eigenvalue weighted by atomic mass is 19.4. The van der Waals surface area contributed by atoms with E-state index in [-0.39, 0.29) is 17.7 Å². The number of aromatic nitrogens is 1. The molecule has 2 bridgehead atoms. The van der Waals surface area contributed by atoms with Crippen molar-refractivity contribution in [1.82, 2.24) is 9.88 Å². The Kier molecular flexibility index (Phi) is 7.37. The van der Waals surface area contributed by atoms with Crippen molar-refractivity contribution in [3.05, 3.63) is 83.6 Å². The van der Waals surface area contributed by atoms with Gasteiger partial charge in [-0.25, -0.2) is 0 Å². The number of nitrogens with zero attached hydrogens (tertiary/aromatic N) is 2. The zero-order valence-corrected chi connectivity index (χ0v) is 21.2. The molecule has 0 saturated carbocycles. The van der Waals surface area contributed by atoms with E-state index in [1.165, 1.54) is 7.11 Å². The summed E-state index contributed by atoms with van der Waals surface area (Å²) in [5, 5.41) is 0.754. The first-order valence-electron chi connectivity index (χ1n) is 12.7. The van der Waals surface area contributed by atoms with E-state index in [1.807, 2.05) is 12.1 Å². The van der Waals surface area contributed by atoms with Crippen LogP contribution >= 0.6 is 0 Å². The minimum absolute atomic E-state index is 0.121. The van der Waals surface area contributed by atoms with Crippen LogP contribution in [0.3, 0.4) is 0 Å². The number of hydrogen-bond donors (Lipinski definition) is 0. The highest BCUT2D eigenvalue weighted by molar-refractivity contribution is 5.84. The predicted octanol–water partition coefficient (Wildman–Crippen LogP) is 7.44. The Bertz CT molecular complexity index is 1320. The Morgan fingerprint density at radius 1 is 1.05 bits per heavy atom. The maximum absolute atomic E-state index is 13.5. The number of rotatable bonds is 7. The van der Waals surface area contributed by atoms with Crippen LogP contribution in [-0.2, 0) is 23.7 Å². The van der Waals surface area contributed by atoms with Gasteiger partial charge in [0.2, 0.25) is 0 Å². The van der Waals surface area contributed by atoms with Crippen LogP contribution < -0.4 is 4.74 Å². The Labute approximate surface area is 222 Å². The van der Waals surface area contributed by atoms with Crippen molar-refractivity contribution in [2.24, 2.45) is 11.8 Å². The van der Waals surface area contributed by atoms with Crippen LogP contribution in [-0.4, -0.2) is 36.1 Å². The van der Waals surface area contributed by atoms with Gasteiger partial charge in [-0.2, -0.15) is 26.3 Å². The first kappa shape index (κ1) is 27.5. The molecule has 0 N–H and O–H groups in total. The summed E-state index contributed by atoms with van der Waals surface area (Å²) in [7, 11) is 1.54. The van der Waals surface area contributed by atoms with Crippen molar-refractivity contribution < 1.29 is 35.8 Å². The standard InChI is InChI=1S/C29H28F6N2O2/c1-3-18-15-37-9-7-19(18)12-26(37)27(23-6-8-36-25-5-4-22(38-2)14-24(23)25)39-16-17-10-20(28(30,31)32)13-21(11-17)29(33,34)35/h3-6,8,10-11,13-14,18-19,26-27H,1,7,9,12,15-16H2,2H3. The monoisotopic (exact) mass is 550 g/mol. The Hall–Kier alpha value is -3.11. The average Bonchev–Trinajstić information content (AvgIpc) is 2.92. The molecule has 6 rings (SSSR count). The quantitative estimate of drug-likeness (QED) is 0.226. The number of halogens is 6. The summed E-state index contributed by atoms with van der Waals surface area (Å²) in [6, 6.07) is 8.66. The fourth-order valence-corrected chi connectivity index (χ4v) is 5.91. The molecule has 3 fully saturated rings. The maximum atomic E-state index is 13.5. The minimum atomic E-state index is -4.93. The molecule has 1 aromatic heterocycles. The molecule has 0 amide bonds. The first-order chi connectivity index (χ1) is 18.5. The molecule has 2 aromatic carbocycles. The van der Waals surface area contributed by atoms with E-state index in [9.17, 15) is 26.3 Å². The second-order valence-corrected chi connectivity index (χ2v) is 10.2. The lowest BCUT2D eigenvalue weighted by Gasteiger charge is -2.51. The van der Waals surface area contributed by atoms with Crippen LogP contribution in [0.4, 0.5) is 26.3 Å². The predicted molar refractivity (Wildman–Crippen MR) is 134 cm³/mol. The number of alkyl halides is 6. The van der Waals surface area contributed by atoms with Gasteiger partial charge in [-0.05, 0) is 84.8 Å². The molecule has 10 heteroatoms. The van der Waals surface area contributed by atoms with E-state index < -0.39 is 36.2 Å². The van der Waals surface area contributed by atoms with Crippen molar-refractivity contribution in [3.8, 4) is 5.75 Å². The van der Waals surface area contributed by atoms with Gasteiger partial charge in [0.15, 0.2) is 0 Å². The van der Waals surface area contributed by atoms with Gasteiger partial charge >= 0.3 is 12.4 Å². The summed E-state index contributed by atoms with van der Waals surface area (Å²) >= 11 is 0. The number of benzene rings is 2. The molecule has 5 atom stereocenters. The second kappa shape index (κ2) is 10.5. The van der Waals surface area contributed by atoms with E-state index in [0.717, 1.165) is 49.0 Å². The number of fused-ring (bicyclic) bond motifs is 4. The molecule has 4 nitrogen and oxygen atoms in total. The lowest BCUT2D eigenvalue weighted by Crippen LogP contribution is -2.55. The van der Waals surface area contributed by atoms with Gasteiger partial charge in [-0.3, -0.25) is 9.88 Å². The van der Waals surface area contributed by atoms with Crippen molar-refractivity contribution in [2.45, 2.75) is 43.9 Å². The van der Waals surface area contributed by atoms with Gasteiger partial charge in [0, 0.05) is 24.2 Å². The third-order valence-electron chi connectivity index (χ3n) is 7.87. The normalized spacial score (nSPS) is 24.1. The van der Waals surface area contributed by atoms with E-state index in [0.29, 0.717) is 23.1 Å². The summed E-state index contributed by atoms with van der Waals surface area (Å²) in [6.07, 6.45) is -5.13. The second-order valence-electron chi connectivity index (χ2n) is 10.2. The van der Waals surface area contributed by atoms with Gasteiger partial charge in [0.1, 0.15) is 5.75 Å². The summed E-state index contributed by atoms with van der Waals surface area (Å²) < 4.78 is 92.5. The van der Waals surface area contributed by atoms with E-state index in [1.54, 1.807) is 24.4 Å². The number of methoxy groups -OCH3 is 1. The molecule has 3 saturated heterocycles. The van der Waals surface area contributed by atoms with Crippen molar-refractivity contribution in [3.63, 3.8) is 0 Å². The van der Waals surface area contributed by atoms with Gasteiger partial charge in [0.05, 0.1) is 36.5 Å². The van der Waals surface area contributed by atoms with Crippen LogP contribution in [0.25, 0.3) is 10.9 Å². The molecule has 5 unspecified atom stereocenters. The minimum Gasteiger partial charge on any atom is -0.497 e. The molecule has 0 aliphatic carbocycles. The maximum Gasteiger partial charge on any atom is 0.416 e. The molecule has 4 heterocycles. The van der Waals surface area contributed by atoms with E-state index in [2.05, 4.69) is 16.5 Å². The third-order valence-corrected chi connectivity index (χ3v) is 7.87. The van der Waals surface area contributed by atoms with Crippen LogP contribution in [0.2, 0.25) is 0 Å². The molecule has 0 spiro atoms. The Morgan fingerprint density at radius 3 is 2.36 bits per heavy atom. The van der Waals surface area contributed by atoms with Gasteiger partial charge in [-0.1, -0.05) is 6.08 Å². The molecule has 208 valence electrons. The summed E-state index contributed by atoms with van der Waals surface area (Å²) in [6.45, 7) is 5.13. The lowest BCUT2D eigenvalue weighted by atomic mass is 9.73.